The number of nitrogen functional groups attached to an aromatic ring is 2. The number of benzene rings is 4. The van der Waals surface area contributed by atoms with Gasteiger partial charge in [0.2, 0.25) is 0 Å². The lowest BCUT2D eigenvalue weighted by Gasteiger charge is -2.13. The summed E-state index contributed by atoms with van der Waals surface area (Å²) in [5.74, 6) is 0.528. The van der Waals surface area contributed by atoms with E-state index in [1.165, 1.54) is 20.4 Å². The minimum atomic E-state index is -0.369. The van der Waals surface area contributed by atoms with Crippen molar-refractivity contribution in [2.75, 3.05) is 39.6 Å². The molecule has 4 aromatic carbocycles. The van der Waals surface area contributed by atoms with E-state index in [1.54, 1.807) is 43.6 Å². The fourth-order valence-corrected chi connectivity index (χ4v) is 6.70. The van der Waals surface area contributed by atoms with Crippen molar-refractivity contribution in [2.45, 2.75) is 31.6 Å². The second-order valence-electron chi connectivity index (χ2n) is 14.4. The number of carbonyl (C=O) groups is 2. The summed E-state index contributed by atoms with van der Waals surface area (Å²) < 4.78 is 21.9. The lowest BCUT2D eigenvalue weighted by atomic mass is 10.0. The Kier molecular flexibility index (Phi) is 17.8. The molecule has 0 saturated heterocycles. The zero-order valence-electron chi connectivity index (χ0n) is 37.3. The third kappa shape index (κ3) is 12.5. The monoisotopic (exact) mass is 954 g/mol. The Labute approximate surface area is 391 Å². The Hall–Kier alpha value is -7.76. The number of hydrogen-bond acceptors (Lipinski definition) is 15. The lowest BCUT2D eigenvalue weighted by molar-refractivity contribution is 0.0515. The summed E-state index contributed by atoms with van der Waals surface area (Å²) in [7, 11) is 4.31. The van der Waals surface area contributed by atoms with Gasteiger partial charge >= 0.3 is 11.9 Å². The minimum absolute atomic E-state index is 0.0703. The van der Waals surface area contributed by atoms with E-state index in [1.807, 2.05) is 111 Å². The Morgan fingerprint density at radius 3 is 1.86 bits per heavy atom. The van der Waals surface area contributed by atoms with Gasteiger partial charge in [-0.3, -0.25) is 4.68 Å². The highest BCUT2D eigenvalue weighted by atomic mass is 79.9. The van der Waals surface area contributed by atoms with E-state index >= 15 is 0 Å². The number of hydrogen-bond donors (Lipinski definition) is 4. The zero-order valence-corrected chi connectivity index (χ0v) is 38.9. The van der Waals surface area contributed by atoms with Gasteiger partial charge in [-0.1, -0.05) is 76.6 Å². The molecule has 2 unspecified atom stereocenters. The Morgan fingerprint density at radius 2 is 1.30 bits per heavy atom. The van der Waals surface area contributed by atoms with Crippen molar-refractivity contribution in [1.29, 1.82) is 5.41 Å². The van der Waals surface area contributed by atoms with E-state index in [-0.39, 0.29) is 30.6 Å². The van der Waals surface area contributed by atoms with Crippen LogP contribution in [-0.2, 0) is 14.2 Å². The highest BCUT2D eigenvalue weighted by Gasteiger charge is 2.17. The molecule has 0 saturated carbocycles. The van der Waals surface area contributed by atoms with Crippen LogP contribution in [0, 0.1) is 12.3 Å². The zero-order chi connectivity index (χ0) is 47.8. The van der Waals surface area contributed by atoms with Crippen LogP contribution in [0.4, 0.5) is 11.6 Å². The van der Waals surface area contributed by atoms with Gasteiger partial charge < -0.3 is 41.6 Å². The van der Waals surface area contributed by atoms with Crippen LogP contribution < -0.4 is 21.9 Å². The molecule has 0 bridgehead atoms. The Morgan fingerprint density at radius 1 is 0.742 bits per heavy atom. The number of carbonyl (C=O) groups excluding carboxylic acids is 2. The molecule has 3 aromatic heterocycles. The number of ether oxygens (including phenoxy) is 4. The second kappa shape index (κ2) is 23.8. The number of aromatic nitrogens is 6. The van der Waals surface area contributed by atoms with Gasteiger partial charge in [0.1, 0.15) is 5.75 Å². The topological polar surface area (TPSA) is 242 Å². The molecule has 16 nitrogen and oxygen atoms in total. The van der Waals surface area contributed by atoms with Gasteiger partial charge in [0.05, 0.1) is 49.0 Å². The van der Waals surface area contributed by atoms with Gasteiger partial charge in [-0.2, -0.15) is 5.10 Å². The Bertz CT molecular complexity index is 2780. The highest BCUT2D eigenvalue weighted by molar-refractivity contribution is 9.09. The SMILES string of the molecule is COC(=O)c1ccc(C(C)Br)cc1.COCOc1ccccc1-c1cc(-c2cnn(C(C)c3ccc(C(=O)OC)cc3)c2)c(N)nn1.Cc1ccccc1-c1cc(/C(C=N)=C/N)c(N)nn1. The summed E-state index contributed by atoms with van der Waals surface area (Å²) in [5.41, 5.74) is 27.5. The van der Waals surface area contributed by atoms with Gasteiger partial charge in [-0.05, 0) is 86.0 Å². The third-order valence-electron chi connectivity index (χ3n) is 10.1. The molecule has 3 heterocycles. The predicted octanol–water partition coefficient (Wildman–Crippen LogP) is 8.88. The third-order valence-corrected chi connectivity index (χ3v) is 10.7. The summed E-state index contributed by atoms with van der Waals surface area (Å²) in [6.45, 7) is 6.18. The van der Waals surface area contributed by atoms with Crippen LogP contribution in [0.3, 0.4) is 0 Å². The standard InChI is InChI=1S/C25H25N5O4.C14H15N5.C10H11BrO2/c1-16(17-8-10-18(11-9-17)25(31)33-3)30-14-19(13-27-30)21-12-22(28-29-24(21)26)20-6-4-5-7-23(20)34-15-32-2;1-9-4-2-3-5-11(9)13-6-12(10(7-15)8-16)14(17)19-18-13;1-7(11)8-3-5-9(6-4-8)10(12)13-2/h4-14,16H,15H2,1-3H3,(H2,26,29);2-8,15H,16H2,1H3,(H2,17,19);3-7H,1-2H3/b;10-8+,15-7?;. The first-order valence-electron chi connectivity index (χ1n) is 20.3. The molecule has 0 fully saturated rings. The van der Waals surface area contributed by atoms with Crippen molar-refractivity contribution in [3.8, 4) is 39.4 Å². The number of nitrogens with zero attached hydrogens (tertiary/aromatic N) is 6. The molecule has 7 N–H and O–H groups in total. The average molecular weight is 956 g/mol. The molecule has 0 radical (unpaired) electrons. The molecule has 66 heavy (non-hydrogen) atoms. The van der Waals surface area contributed by atoms with Crippen molar-refractivity contribution >= 4 is 51.3 Å². The number of alkyl halides is 1. The van der Waals surface area contributed by atoms with E-state index in [9.17, 15) is 9.59 Å². The molecule has 0 aliphatic rings. The normalized spacial score (nSPS) is 11.7. The maximum atomic E-state index is 11.7. The molecule has 0 amide bonds. The molecule has 2 atom stereocenters. The molecule has 340 valence electrons. The molecular formula is C49H51BrN10O6. The van der Waals surface area contributed by atoms with Gasteiger partial charge in [-0.25, -0.2) is 9.59 Å². The number of aryl methyl sites for hydroxylation is 1. The summed E-state index contributed by atoms with van der Waals surface area (Å²) in [6, 6.07) is 33.6. The first-order valence-corrected chi connectivity index (χ1v) is 21.3. The van der Waals surface area contributed by atoms with Crippen LogP contribution in [0.5, 0.6) is 5.75 Å². The molecule has 7 rings (SSSR count). The van der Waals surface area contributed by atoms with Crippen LogP contribution in [0.25, 0.3) is 39.2 Å². The van der Waals surface area contributed by atoms with Crippen molar-refractivity contribution in [2.24, 2.45) is 5.73 Å². The van der Waals surface area contributed by atoms with Gasteiger partial charge in [0, 0.05) is 63.9 Å². The summed E-state index contributed by atoms with van der Waals surface area (Å²) in [6.07, 6.45) is 6.13. The van der Waals surface area contributed by atoms with E-state index in [2.05, 4.69) is 46.2 Å². The van der Waals surface area contributed by atoms with Crippen LogP contribution in [-0.4, -0.2) is 76.5 Å². The minimum Gasteiger partial charge on any atom is -0.467 e. The number of rotatable bonds is 13. The lowest BCUT2D eigenvalue weighted by Crippen LogP contribution is -2.08. The smallest absolute Gasteiger partial charge is 0.337 e. The molecule has 17 heteroatoms. The van der Waals surface area contributed by atoms with Gasteiger partial charge in [0.25, 0.3) is 0 Å². The first-order chi connectivity index (χ1) is 31.8. The van der Waals surface area contributed by atoms with E-state index in [0.717, 1.165) is 39.6 Å². The number of para-hydroxylation sites is 1. The number of nitrogens with two attached hydrogens (primary N) is 3. The van der Waals surface area contributed by atoms with Crippen molar-refractivity contribution in [3.63, 3.8) is 0 Å². The number of halogens is 1. The number of allylic oxidation sites excluding steroid dienone is 1. The van der Waals surface area contributed by atoms with Crippen LogP contribution >= 0.6 is 15.9 Å². The summed E-state index contributed by atoms with van der Waals surface area (Å²) in [4.78, 5) is 23.0. The quantitative estimate of drug-likeness (QED) is 0.0365. The van der Waals surface area contributed by atoms with E-state index < -0.39 is 0 Å². The maximum absolute atomic E-state index is 11.7. The second-order valence-corrected chi connectivity index (χ2v) is 15.8. The number of nitrogens with one attached hydrogen (secondary N) is 1. The first kappa shape index (κ1) is 49.3. The average Bonchev–Trinajstić information content (AvgIpc) is 3.85. The predicted molar refractivity (Wildman–Crippen MR) is 260 cm³/mol. The number of anilines is 2. The highest BCUT2D eigenvalue weighted by Crippen LogP contribution is 2.33. The van der Waals surface area contributed by atoms with Crippen LogP contribution in [0.15, 0.2) is 128 Å². The molecule has 0 spiro atoms. The largest absolute Gasteiger partial charge is 0.467 e. The number of esters is 2. The fraction of sp³-hybridized carbons (Fsp3) is 0.184. The van der Waals surface area contributed by atoms with Crippen molar-refractivity contribution < 1.29 is 28.5 Å². The Balaban J connectivity index is 0.000000213. The van der Waals surface area contributed by atoms with Crippen molar-refractivity contribution in [3.05, 3.63) is 161 Å². The summed E-state index contributed by atoms with van der Waals surface area (Å²) >= 11 is 3.44. The van der Waals surface area contributed by atoms with Crippen LogP contribution in [0.2, 0.25) is 0 Å². The van der Waals surface area contributed by atoms with Crippen LogP contribution in [0.1, 0.15) is 67.7 Å². The number of methoxy groups -OCH3 is 3. The molecule has 7 aromatic rings. The molecule has 0 aliphatic heterocycles. The fourth-order valence-electron chi connectivity index (χ4n) is 6.39. The maximum Gasteiger partial charge on any atom is 0.337 e. The van der Waals surface area contributed by atoms with Crippen molar-refractivity contribution in [1.82, 2.24) is 30.2 Å². The summed E-state index contributed by atoms with van der Waals surface area (Å²) in [5, 5.41) is 28.3. The molecular weight excluding hydrogens is 905 g/mol. The van der Waals surface area contributed by atoms with E-state index in [4.69, 9.17) is 36.8 Å². The van der Waals surface area contributed by atoms with E-state index in [0.29, 0.717) is 55.6 Å². The molecule has 0 aliphatic carbocycles. The van der Waals surface area contributed by atoms with Gasteiger partial charge in [0.15, 0.2) is 18.4 Å². The van der Waals surface area contributed by atoms with Gasteiger partial charge in [-0.15, -0.1) is 20.4 Å².